The van der Waals surface area contributed by atoms with Gasteiger partial charge in [0.15, 0.2) is 0 Å². The van der Waals surface area contributed by atoms with E-state index in [1.54, 1.807) is 12.1 Å². The first-order valence-electron chi connectivity index (χ1n) is 5.35. The highest BCUT2D eigenvalue weighted by atomic mass is 32.2. The fourth-order valence-electron chi connectivity index (χ4n) is 2.14. The second kappa shape index (κ2) is 3.68. The standard InChI is InChI=1S/C13H11NO2S/c15-17(16)12-9-5-4-8-11(12)13(14-17)10-6-2-1-3-7-10/h1-9,13-14H/t13-/m0/s1. The van der Waals surface area contributed by atoms with E-state index in [1.165, 1.54) is 0 Å². The van der Waals surface area contributed by atoms with Gasteiger partial charge in [-0.1, -0.05) is 48.5 Å². The molecule has 0 aliphatic carbocycles. The van der Waals surface area contributed by atoms with Gasteiger partial charge in [0.2, 0.25) is 10.0 Å². The molecule has 0 bridgehead atoms. The lowest BCUT2D eigenvalue weighted by Crippen LogP contribution is -2.20. The molecular weight excluding hydrogens is 234 g/mol. The average molecular weight is 245 g/mol. The van der Waals surface area contributed by atoms with Crippen LogP contribution in [-0.2, 0) is 10.0 Å². The van der Waals surface area contributed by atoms with Crippen molar-refractivity contribution in [2.24, 2.45) is 0 Å². The molecule has 1 heterocycles. The van der Waals surface area contributed by atoms with Crippen molar-refractivity contribution in [2.45, 2.75) is 10.9 Å². The molecule has 0 unspecified atom stereocenters. The molecule has 4 heteroatoms. The van der Waals surface area contributed by atoms with Gasteiger partial charge < -0.3 is 0 Å². The topological polar surface area (TPSA) is 46.2 Å². The van der Waals surface area contributed by atoms with Crippen molar-refractivity contribution >= 4 is 10.0 Å². The Hall–Kier alpha value is -1.65. The van der Waals surface area contributed by atoms with Crippen LogP contribution in [0.3, 0.4) is 0 Å². The molecule has 3 rings (SSSR count). The van der Waals surface area contributed by atoms with Gasteiger partial charge in [-0.3, -0.25) is 0 Å². The Morgan fingerprint density at radius 2 is 1.53 bits per heavy atom. The van der Waals surface area contributed by atoms with Crippen molar-refractivity contribution in [3.05, 3.63) is 65.7 Å². The average Bonchev–Trinajstić information content (AvgIpc) is 2.64. The summed E-state index contributed by atoms with van der Waals surface area (Å²) in [5.74, 6) is 0. The summed E-state index contributed by atoms with van der Waals surface area (Å²) in [4.78, 5) is 0.383. The predicted octanol–water partition coefficient (Wildman–Crippen LogP) is 2.07. The lowest BCUT2D eigenvalue weighted by atomic mass is 10.00. The van der Waals surface area contributed by atoms with Crippen molar-refractivity contribution in [1.82, 2.24) is 4.72 Å². The van der Waals surface area contributed by atoms with Crippen LogP contribution in [0, 0.1) is 0 Å². The Kier molecular flexibility index (Phi) is 2.28. The largest absolute Gasteiger partial charge is 0.241 e. The molecule has 1 aliphatic heterocycles. The van der Waals surface area contributed by atoms with Gasteiger partial charge in [-0.25, -0.2) is 8.42 Å². The zero-order valence-electron chi connectivity index (χ0n) is 9.00. The van der Waals surface area contributed by atoms with Crippen molar-refractivity contribution in [3.63, 3.8) is 0 Å². The smallest absolute Gasteiger partial charge is 0.207 e. The zero-order valence-corrected chi connectivity index (χ0v) is 9.81. The molecule has 0 amide bonds. The first kappa shape index (κ1) is 10.5. The van der Waals surface area contributed by atoms with Crippen LogP contribution in [-0.4, -0.2) is 8.42 Å². The van der Waals surface area contributed by atoms with E-state index in [4.69, 9.17) is 0 Å². The summed E-state index contributed by atoms with van der Waals surface area (Å²) in [6.07, 6.45) is 0. The highest BCUT2D eigenvalue weighted by Gasteiger charge is 2.34. The number of sulfonamides is 1. The summed E-state index contributed by atoms with van der Waals surface area (Å²) in [5, 5.41) is 0. The highest BCUT2D eigenvalue weighted by molar-refractivity contribution is 7.89. The Labute approximate surface area is 100 Å². The van der Waals surface area contributed by atoms with E-state index < -0.39 is 10.0 Å². The van der Waals surface area contributed by atoms with Crippen molar-refractivity contribution in [2.75, 3.05) is 0 Å². The molecule has 2 aromatic carbocycles. The molecule has 0 fully saturated rings. The van der Waals surface area contributed by atoms with E-state index in [9.17, 15) is 8.42 Å². The minimum Gasteiger partial charge on any atom is -0.207 e. The SMILES string of the molecule is O=S1(=O)N[C@@H](c2ccccc2)c2ccccc21. The second-order valence-electron chi connectivity index (χ2n) is 4.00. The fourth-order valence-corrected chi connectivity index (χ4v) is 3.59. The number of benzene rings is 2. The summed E-state index contributed by atoms with van der Waals surface area (Å²) in [7, 11) is -3.35. The molecule has 3 nitrogen and oxygen atoms in total. The van der Waals surface area contributed by atoms with Crippen LogP contribution in [0.1, 0.15) is 17.2 Å². The summed E-state index contributed by atoms with van der Waals surface area (Å²) in [6.45, 7) is 0. The van der Waals surface area contributed by atoms with Crippen LogP contribution in [0.15, 0.2) is 59.5 Å². The Bertz CT molecular complexity index is 650. The molecule has 2 aromatic rings. The van der Waals surface area contributed by atoms with Crippen LogP contribution in [0.2, 0.25) is 0 Å². The van der Waals surface area contributed by atoms with Crippen molar-refractivity contribution < 1.29 is 8.42 Å². The number of rotatable bonds is 1. The molecule has 1 N–H and O–H groups in total. The van der Waals surface area contributed by atoms with Crippen LogP contribution in [0.25, 0.3) is 0 Å². The summed E-state index contributed by atoms with van der Waals surface area (Å²) in [6, 6.07) is 16.4. The van der Waals surface area contributed by atoms with E-state index in [0.29, 0.717) is 4.90 Å². The monoisotopic (exact) mass is 245 g/mol. The fraction of sp³-hybridized carbons (Fsp3) is 0.0769. The molecule has 0 aromatic heterocycles. The highest BCUT2D eigenvalue weighted by Crippen LogP contribution is 2.34. The van der Waals surface area contributed by atoms with Gasteiger partial charge in [-0.05, 0) is 17.2 Å². The third kappa shape index (κ3) is 1.66. The van der Waals surface area contributed by atoms with Crippen LogP contribution in [0.4, 0.5) is 0 Å². The lowest BCUT2D eigenvalue weighted by Gasteiger charge is -2.10. The third-order valence-electron chi connectivity index (χ3n) is 2.93. The molecule has 0 saturated carbocycles. The number of hydrogen-bond donors (Lipinski definition) is 1. The molecule has 17 heavy (non-hydrogen) atoms. The molecule has 86 valence electrons. The van der Waals surface area contributed by atoms with Gasteiger partial charge in [0.1, 0.15) is 0 Å². The summed E-state index contributed by atoms with van der Waals surface area (Å²) >= 11 is 0. The second-order valence-corrected chi connectivity index (χ2v) is 5.69. The molecule has 0 saturated heterocycles. The van der Waals surface area contributed by atoms with Gasteiger partial charge >= 0.3 is 0 Å². The van der Waals surface area contributed by atoms with Crippen LogP contribution >= 0.6 is 0 Å². The first-order chi connectivity index (χ1) is 8.18. The van der Waals surface area contributed by atoms with Crippen LogP contribution < -0.4 is 4.72 Å². The van der Waals surface area contributed by atoms with Crippen molar-refractivity contribution in [1.29, 1.82) is 0 Å². The normalized spacial score (nSPS) is 21.1. The maximum Gasteiger partial charge on any atom is 0.241 e. The number of hydrogen-bond acceptors (Lipinski definition) is 2. The minimum atomic E-state index is -3.35. The van der Waals surface area contributed by atoms with E-state index in [1.807, 2.05) is 42.5 Å². The number of fused-ring (bicyclic) bond motifs is 1. The molecule has 0 radical (unpaired) electrons. The molecule has 0 spiro atoms. The van der Waals surface area contributed by atoms with E-state index in [0.717, 1.165) is 11.1 Å². The van der Waals surface area contributed by atoms with Gasteiger partial charge in [0, 0.05) is 0 Å². The zero-order chi connectivity index (χ0) is 11.9. The summed E-state index contributed by atoms with van der Waals surface area (Å²) < 4.78 is 26.5. The molecular formula is C13H11NO2S. The predicted molar refractivity (Wildman–Crippen MR) is 65.0 cm³/mol. The first-order valence-corrected chi connectivity index (χ1v) is 6.83. The van der Waals surface area contributed by atoms with Gasteiger partial charge in [0.25, 0.3) is 0 Å². The van der Waals surface area contributed by atoms with Crippen LogP contribution in [0.5, 0.6) is 0 Å². The Morgan fingerprint density at radius 1 is 0.882 bits per heavy atom. The quantitative estimate of drug-likeness (QED) is 0.836. The molecule has 1 atom stereocenters. The van der Waals surface area contributed by atoms with E-state index in [-0.39, 0.29) is 6.04 Å². The molecule has 1 aliphatic rings. The number of nitrogens with one attached hydrogen (secondary N) is 1. The van der Waals surface area contributed by atoms with Crippen molar-refractivity contribution in [3.8, 4) is 0 Å². The Morgan fingerprint density at radius 3 is 2.29 bits per heavy atom. The maximum absolute atomic E-state index is 11.9. The minimum absolute atomic E-state index is 0.266. The van der Waals surface area contributed by atoms with E-state index >= 15 is 0 Å². The summed E-state index contributed by atoms with van der Waals surface area (Å²) in [5.41, 5.74) is 1.78. The van der Waals surface area contributed by atoms with Gasteiger partial charge in [-0.15, -0.1) is 0 Å². The van der Waals surface area contributed by atoms with Gasteiger partial charge in [0.05, 0.1) is 10.9 Å². The Balaban J connectivity index is 2.19. The maximum atomic E-state index is 11.9. The lowest BCUT2D eigenvalue weighted by molar-refractivity contribution is 0.585. The third-order valence-corrected chi connectivity index (χ3v) is 4.42. The van der Waals surface area contributed by atoms with Gasteiger partial charge in [-0.2, -0.15) is 4.72 Å². The van der Waals surface area contributed by atoms with E-state index in [2.05, 4.69) is 4.72 Å².